The van der Waals surface area contributed by atoms with E-state index in [2.05, 4.69) is 6.92 Å². The van der Waals surface area contributed by atoms with Crippen molar-refractivity contribution < 1.29 is 0 Å². The van der Waals surface area contributed by atoms with E-state index in [1.165, 1.54) is 0 Å². The van der Waals surface area contributed by atoms with Gasteiger partial charge in [0.05, 0.1) is 20.1 Å². The predicted molar refractivity (Wildman–Crippen MR) is 107 cm³/mol. The summed E-state index contributed by atoms with van der Waals surface area (Å²) in [7, 11) is 0. The second-order valence-corrected chi connectivity index (χ2v) is 7.93. The molecular weight excluding hydrogens is 384 g/mol. The lowest BCUT2D eigenvalue weighted by Gasteiger charge is -2.33. The normalized spacial score (nSPS) is 11.8. The summed E-state index contributed by atoms with van der Waals surface area (Å²) in [4.78, 5) is 0. The minimum Gasteiger partial charge on any atom is -0.330 e. The minimum absolute atomic E-state index is 0.0525. The van der Waals surface area contributed by atoms with Crippen LogP contribution in [0.5, 0.6) is 0 Å². The third-order valence-electron chi connectivity index (χ3n) is 4.34. The van der Waals surface area contributed by atoms with Crippen molar-refractivity contribution in [3.63, 3.8) is 0 Å². The molecule has 130 valence electrons. The summed E-state index contributed by atoms with van der Waals surface area (Å²) in [6.45, 7) is 2.76. The molecule has 0 heterocycles. The van der Waals surface area contributed by atoms with Crippen LogP contribution in [0.4, 0.5) is 0 Å². The number of nitrogens with two attached hydrogens (primary N) is 1. The first-order chi connectivity index (χ1) is 11.4. The Morgan fingerprint density at radius 3 is 1.58 bits per heavy atom. The molecular formula is C19H21Cl4N. The summed E-state index contributed by atoms with van der Waals surface area (Å²) >= 11 is 24.4. The molecule has 0 aromatic heterocycles. The number of benzene rings is 2. The quantitative estimate of drug-likeness (QED) is 0.537. The molecule has 0 bridgehead atoms. The highest BCUT2D eigenvalue weighted by Gasteiger charge is 2.29. The molecule has 5 heteroatoms. The summed E-state index contributed by atoms with van der Waals surface area (Å²) in [6.07, 6.45) is 3.76. The summed E-state index contributed by atoms with van der Waals surface area (Å²) < 4.78 is 0. The van der Waals surface area contributed by atoms with Crippen LogP contribution in [-0.2, 0) is 12.8 Å². The van der Waals surface area contributed by atoms with Crippen LogP contribution >= 0.6 is 46.4 Å². The first kappa shape index (κ1) is 19.9. The lowest BCUT2D eigenvalue weighted by Crippen LogP contribution is -2.35. The monoisotopic (exact) mass is 403 g/mol. The topological polar surface area (TPSA) is 26.0 Å². The van der Waals surface area contributed by atoms with E-state index in [-0.39, 0.29) is 5.41 Å². The first-order valence-electron chi connectivity index (χ1n) is 7.97. The summed E-state index contributed by atoms with van der Waals surface area (Å²) in [5, 5.41) is 2.29. The number of hydrogen-bond donors (Lipinski definition) is 1. The molecule has 2 rings (SSSR count). The lowest BCUT2D eigenvalue weighted by molar-refractivity contribution is 0.265. The van der Waals surface area contributed by atoms with E-state index in [9.17, 15) is 0 Å². The van der Waals surface area contributed by atoms with Crippen LogP contribution < -0.4 is 5.73 Å². The van der Waals surface area contributed by atoms with Crippen molar-refractivity contribution in [2.45, 2.75) is 32.6 Å². The maximum Gasteiger partial charge on any atom is 0.0595 e. The first-order valence-corrected chi connectivity index (χ1v) is 9.48. The standard InChI is InChI=1S/C19H21Cl4N/c1-2-7-19(12-24,10-13-3-5-15(20)17(22)8-13)11-14-4-6-16(21)18(23)9-14/h3-6,8-9H,2,7,10-12,24H2,1H3. The Bertz CT molecular complexity index is 646. The molecule has 2 N–H and O–H groups in total. The Labute approximate surface area is 164 Å². The Kier molecular flexibility index (Phi) is 7.27. The van der Waals surface area contributed by atoms with Gasteiger partial charge in [0.15, 0.2) is 0 Å². The SMILES string of the molecule is CCCC(CN)(Cc1ccc(Cl)c(Cl)c1)Cc1ccc(Cl)c(Cl)c1. The van der Waals surface area contributed by atoms with E-state index >= 15 is 0 Å². The highest BCUT2D eigenvalue weighted by molar-refractivity contribution is 6.42. The molecule has 0 radical (unpaired) electrons. The third kappa shape index (κ3) is 5.03. The molecule has 0 aliphatic rings. The maximum absolute atomic E-state index is 6.21. The van der Waals surface area contributed by atoms with Crippen molar-refractivity contribution in [2.24, 2.45) is 11.1 Å². The van der Waals surface area contributed by atoms with Gasteiger partial charge >= 0.3 is 0 Å². The van der Waals surface area contributed by atoms with E-state index in [0.717, 1.165) is 36.8 Å². The molecule has 0 spiro atoms. The van der Waals surface area contributed by atoms with Crippen LogP contribution in [-0.4, -0.2) is 6.54 Å². The fraction of sp³-hybridized carbons (Fsp3) is 0.368. The average Bonchev–Trinajstić information content (AvgIpc) is 2.54. The molecule has 24 heavy (non-hydrogen) atoms. The molecule has 2 aromatic carbocycles. The third-order valence-corrected chi connectivity index (χ3v) is 5.82. The van der Waals surface area contributed by atoms with Gasteiger partial charge in [0.25, 0.3) is 0 Å². The van der Waals surface area contributed by atoms with Crippen LogP contribution in [0.3, 0.4) is 0 Å². The van der Waals surface area contributed by atoms with Crippen molar-refractivity contribution in [2.75, 3.05) is 6.54 Å². The van der Waals surface area contributed by atoms with Gasteiger partial charge in [-0.15, -0.1) is 0 Å². The van der Waals surface area contributed by atoms with Gasteiger partial charge in [-0.2, -0.15) is 0 Å². The zero-order valence-electron chi connectivity index (χ0n) is 13.6. The van der Waals surface area contributed by atoms with Crippen molar-refractivity contribution in [3.8, 4) is 0 Å². The smallest absolute Gasteiger partial charge is 0.0595 e. The molecule has 0 atom stereocenters. The van der Waals surface area contributed by atoms with Crippen LogP contribution in [0, 0.1) is 5.41 Å². The van der Waals surface area contributed by atoms with E-state index in [1.54, 1.807) is 0 Å². The highest BCUT2D eigenvalue weighted by Crippen LogP contribution is 2.35. The van der Waals surface area contributed by atoms with Crippen LogP contribution in [0.15, 0.2) is 36.4 Å². The molecule has 0 saturated heterocycles. The molecule has 0 unspecified atom stereocenters. The van der Waals surface area contributed by atoms with Gasteiger partial charge < -0.3 is 5.73 Å². The molecule has 1 nitrogen and oxygen atoms in total. The Balaban J connectivity index is 2.30. The van der Waals surface area contributed by atoms with E-state index in [1.807, 2.05) is 36.4 Å². The molecule has 0 saturated carbocycles. The lowest BCUT2D eigenvalue weighted by atomic mass is 9.73. The Morgan fingerprint density at radius 1 is 0.792 bits per heavy atom. The molecule has 2 aromatic rings. The fourth-order valence-corrected chi connectivity index (χ4v) is 3.82. The van der Waals surface area contributed by atoms with Gasteiger partial charge in [-0.05, 0) is 66.6 Å². The molecule has 0 aliphatic carbocycles. The number of halogens is 4. The van der Waals surface area contributed by atoms with E-state index in [4.69, 9.17) is 52.1 Å². The van der Waals surface area contributed by atoms with Crippen molar-refractivity contribution in [1.29, 1.82) is 0 Å². The van der Waals surface area contributed by atoms with E-state index in [0.29, 0.717) is 26.6 Å². The number of rotatable bonds is 7. The average molecular weight is 405 g/mol. The van der Waals surface area contributed by atoms with Gasteiger partial charge in [-0.3, -0.25) is 0 Å². The Morgan fingerprint density at radius 2 is 1.25 bits per heavy atom. The second kappa shape index (κ2) is 8.78. The fourth-order valence-electron chi connectivity index (χ4n) is 3.18. The zero-order chi connectivity index (χ0) is 17.7. The summed E-state index contributed by atoms with van der Waals surface area (Å²) in [5.74, 6) is 0. The van der Waals surface area contributed by atoms with Crippen LogP contribution in [0.2, 0.25) is 20.1 Å². The minimum atomic E-state index is -0.0525. The zero-order valence-corrected chi connectivity index (χ0v) is 16.6. The van der Waals surface area contributed by atoms with Crippen molar-refractivity contribution in [3.05, 3.63) is 67.6 Å². The van der Waals surface area contributed by atoms with Crippen LogP contribution in [0.25, 0.3) is 0 Å². The van der Waals surface area contributed by atoms with Gasteiger partial charge in [0.1, 0.15) is 0 Å². The van der Waals surface area contributed by atoms with Crippen molar-refractivity contribution >= 4 is 46.4 Å². The number of hydrogen-bond acceptors (Lipinski definition) is 1. The van der Waals surface area contributed by atoms with E-state index < -0.39 is 0 Å². The van der Waals surface area contributed by atoms with Gasteiger partial charge in [0, 0.05) is 0 Å². The van der Waals surface area contributed by atoms with Gasteiger partial charge in [-0.1, -0.05) is 71.9 Å². The van der Waals surface area contributed by atoms with Crippen LogP contribution in [0.1, 0.15) is 30.9 Å². The predicted octanol–water partition coefficient (Wildman–Crippen LogP) is 6.83. The largest absolute Gasteiger partial charge is 0.330 e. The molecule has 0 aliphatic heterocycles. The van der Waals surface area contributed by atoms with Crippen molar-refractivity contribution in [1.82, 2.24) is 0 Å². The highest BCUT2D eigenvalue weighted by atomic mass is 35.5. The maximum atomic E-state index is 6.21. The second-order valence-electron chi connectivity index (χ2n) is 6.30. The summed E-state index contributed by atoms with van der Waals surface area (Å²) in [6, 6.07) is 11.6. The van der Waals surface area contributed by atoms with Gasteiger partial charge in [0.2, 0.25) is 0 Å². The summed E-state index contributed by atoms with van der Waals surface area (Å²) in [5.41, 5.74) is 8.44. The van der Waals surface area contributed by atoms with Gasteiger partial charge in [-0.25, -0.2) is 0 Å². The molecule has 0 fully saturated rings. The molecule has 0 amide bonds. The Hall–Kier alpha value is -0.440.